The molecule has 4 rings (SSSR count). The van der Waals surface area contributed by atoms with Crippen LogP contribution in [0, 0.1) is 5.82 Å². The summed E-state index contributed by atoms with van der Waals surface area (Å²) in [4.78, 5) is 0. The van der Waals surface area contributed by atoms with Gasteiger partial charge in [-0.1, -0.05) is 41.6 Å². The Labute approximate surface area is 121 Å². The van der Waals surface area contributed by atoms with E-state index in [1.54, 1.807) is 6.07 Å². The van der Waals surface area contributed by atoms with Crippen molar-refractivity contribution in [1.82, 2.24) is 5.16 Å². The lowest BCUT2D eigenvalue weighted by atomic mass is 9.74. The Morgan fingerprint density at radius 3 is 2.81 bits per heavy atom. The average molecular weight is 280 g/mol. The normalized spacial score (nSPS) is 16.3. The van der Waals surface area contributed by atoms with Crippen LogP contribution in [-0.2, 0) is 6.42 Å². The van der Waals surface area contributed by atoms with Gasteiger partial charge < -0.3 is 10.3 Å². The molecule has 0 fully saturated rings. The van der Waals surface area contributed by atoms with Gasteiger partial charge >= 0.3 is 0 Å². The SMILES string of the molecule is Nc1onc(C2Cc3ccccc32)c1-c1cccc(F)c1. The molecule has 104 valence electrons. The van der Waals surface area contributed by atoms with Crippen molar-refractivity contribution in [3.8, 4) is 11.1 Å². The summed E-state index contributed by atoms with van der Waals surface area (Å²) < 4.78 is 18.6. The van der Waals surface area contributed by atoms with Crippen LogP contribution in [0.25, 0.3) is 11.1 Å². The van der Waals surface area contributed by atoms with Gasteiger partial charge in [-0.05, 0) is 35.2 Å². The van der Waals surface area contributed by atoms with Gasteiger partial charge in [-0.3, -0.25) is 0 Å². The second kappa shape index (κ2) is 4.45. The minimum absolute atomic E-state index is 0.167. The molecule has 3 nitrogen and oxygen atoms in total. The minimum Gasteiger partial charge on any atom is -0.367 e. The lowest BCUT2D eigenvalue weighted by Crippen LogP contribution is -2.18. The molecule has 1 aromatic heterocycles. The molecule has 2 N–H and O–H groups in total. The van der Waals surface area contributed by atoms with Crippen LogP contribution >= 0.6 is 0 Å². The summed E-state index contributed by atoms with van der Waals surface area (Å²) in [6.07, 6.45) is 0.907. The third-order valence-corrected chi connectivity index (χ3v) is 4.04. The van der Waals surface area contributed by atoms with Gasteiger partial charge in [-0.2, -0.15) is 0 Å². The van der Waals surface area contributed by atoms with Crippen LogP contribution in [0.5, 0.6) is 0 Å². The molecule has 0 aliphatic heterocycles. The van der Waals surface area contributed by atoms with E-state index in [0.717, 1.165) is 12.1 Å². The Kier molecular flexibility index (Phi) is 2.57. The summed E-state index contributed by atoms with van der Waals surface area (Å²) >= 11 is 0. The fraction of sp³-hybridized carbons (Fsp3) is 0.118. The van der Waals surface area contributed by atoms with E-state index < -0.39 is 0 Å². The number of hydrogen-bond donors (Lipinski definition) is 1. The molecule has 2 aromatic carbocycles. The van der Waals surface area contributed by atoms with Crippen LogP contribution < -0.4 is 5.73 Å². The van der Waals surface area contributed by atoms with Crippen LogP contribution in [0.3, 0.4) is 0 Å². The van der Waals surface area contributed by atoms with Gasteiger partial charge in [0.25, 0.3) is 0 Å². The number of halogens is 1. The van der Waals surface area contributed by atoms with Crippen LogP contribution in [-0.4, -0.2) is 5.16 Å². The van der Waals surface area contributed by atoms with Crippen molar-refractivity contribution in [3.63, 3.8) is 0 Å². The number of nitrogens with zero attached hydrogens (tertiary/aromatic N) is 1. The fourth-order valence-corrected chi connectivity index (χ4v) is 2.99. The van der Waals surface area contributed by atoms with Gasteiger partial charge in [0.1, 0.15) is 11.5 Å². The van der Waals surface area contributed by atoms with Crippen LogP contribution in [0.15, 0.2) is 53.1 Å². The molecule has 1 unspecified atom stereocenters. The lowest BCUT2D eigenvalue weighted by Gasteiger charge is -2.29. The summed E-state index contributed by atoms with van der Waals surface area (Å²) in [6.45, 7) is 0. The number of nitrogen functional groups attached to an aromatic ring is 1. The number of anilines is 1. The molecule has 0 spiro atoms. The molecular weight excluding hydrogens is 267 g/mol. The predicted molar refractivity (Wildman–Crippen MR) is 78.3 cm³/mol. The highest BCUT2D eigenvalue weighted by Crippen LogP contribution is 2.44. The standard InChI is InChI=1S/C17H13FN2O/c18-12-6-3-5-11(8-12)15-16(20-21-17(15)19)14-9-10-4-1-2-7-13(10)14/h1-8,14H,9,19H2. The van der Waals surface area contributed by atoms with E-state index in [4.69, 9.17) is 10.3 Å². The third kappa shape index (κ3) is 1.83. The van der Waals surface area contributed by atoms with Crippen molar-refractivity contribution < 1.29 is 8.91 Å². The summed E-state index contributed by atoms with van der Waals surface area (Å²) in [6, 6.07) is 14.6. The van der Waals surface area contributed by atoms with E-state index in [-0.39, 0.29) is 17.6 Å². The van der Waals surface area contributed by atoms with Crippen LogP contribution in [0.2, 0.25) is 0 Å². The first-order chi connectivity index (χ1) is 10.2. The maximum absolute atomic E-state index is 13.5. The summed E-state index contributed by atoms with van der Waals surface area (Å²) in [5, 5.41) is 4.12. The van der Waals surface area contributed by atoms with Crippen LogP contribution in [0.4, 0.5) is 10.3 Å². The Morgan fingerprint density at radius 2 is 2.00 bits per heavy atom. The lowest BCUT2D eigenvalue weighted by molar-refractivity contribution is 0.420. The summed E-state index contributed by atoms with van der Waals surface area (Å²) in [5.41, 5.74) is 10.7. The van der Waals surface area contributed by atoms with Crippen molar-refractivity contribution in [2.24, 2.45) is 0 Å². The third-order valence-electron chi connectivity index (χ3n) is 4.04. The van der Waals surface area contributed by atoms with Gasteiger partial charge in [0.15, 0.2) is 0 Å². The second-order valence-electron chi connectivity index (χ2n) is 5.27. The Balaban J connectivity index is 1.83. The summed E-state index contributed by atoms with van der Waals surface area (Å²) in [5.74, 6) is 0.105. The summed E-state index contributed by atoms with van der Waals surface area (Å²) in [7, 11) is 0. The van der Waals surface area contributed by atoms with Gasteiger partial charge in [-0.15, -0.1) is 0 Å². The zero-order chi connectivity index (χ0) is 14.4. The Bertz CT molecular complexity index is 825. The first-order valence-corrected chi connectivity index (χ1v) is 6.83. The molecule has 0 saturated heterocycles. The molecule has 4 heteroatoms. The number of aromatic nitrogens is 1. The van der Waals surface area contributed by atoms with Gasteiger partial charge in [-0.25, -0.2) is 4.39 Å². The number of benzene rings is 2. The molecular formula is C17H13FN2O. The minimum atomic E-state index is -0.298. The van der Waals surface area contributed by atoms with E-state index in [1.165, 1.54) is 23.3 Å². The fourth-order valence-electron chi connectivity index (χ4n) is 2.99. The average Bonchev–Trinajstić information content (AvgIpc) is 2.82. The number of hydrogen-bond acceptors (Lipinski definition) is 3. The van der Waals surface area contributed by atoms with Crippen molar-refractivity contribution >= 4 is 5.88 Å². The maximum Gasteiger partial charge on any atom is 0.230 e. The highest BCUT2D eigenvalue weighted by Gasteiger charge is 2.33. The molecule has 1 aliphatic rings. The molecule has 1 atom stereocenters. The first kappa shape index (κ1) is 12.1. The van der Waals surface area contributed by atoms with Crippen molar-refractivity contribution in [2.75, 3.05) is 5.73 Å². The van der Waals surface area contributed by atoms with Gasteiger partial charge in [0.05, 0.1) is 5.56 Å². The molecule has 0 saturated carbocycles. The van der Waals surface area contributed by atoms with E-state index >= 15 is 0 Å². The molecule has 0 bridgehead atoms. The molecule has 1 aliphatic carbocycles. The molecule has 0 radical (unpaired) electrons. The highest BCUT2D eigenvalue weighted by atomic mass is 19.1. The van der Waals surface area contributed by atoms with E-state index in [2.05, 4.69) is 17.3 Å². The number of fused-ring (bicyclic) bond motifs is 1. The van der Waals surface area contributed by atoms with E-state index in [0.29, 0.717) is 11.1 Å². The first-order valence-electron chi connectivity index (χ1n) is 6.83. The van der Waals surface area contributed by atoms with Gasteiger partial charge in [0.2, 0.25) is 5.88 Å². The topological polar surface area (TPSA) is 52.0 Å². The van der Waals surface area contributed by atoms with Gasteiger partial charge in [0, 0.05) is 5.92 Å². The highest BCUT2D eigenvalue weighted by molar-refractivity contribution is 5.76. The second-order valence-corrected chi connectivity index (χ2v) is 5.27. The van der Waals surface area contributed by atoms with Crippen LogP contribution in [0.1, 0.15) is 22.7 Å². The maximum atomic E-state index is 13.5. The monoisotopic (exact) mass is 280 g/mol. The quantitative estimate of drug-likeness (QED) is 0.777. The van der Waals surface area contributed by atoms with E-state index in [9.17, 15) is 4.39 Å². The Hall–Kier alpha value is -2.62. The zero-order valence-electron chi connectivity index (χ0n) is 11.2. The molecule has 21 heavy (non-hydrogen) atoms. The smallest absolute Gasteiger partial charge is 0.230 e. The molecule has 0 amide bonds. The number of rotatable bonds is 2. The molecule has 1 heterocycles. The van der Waals surface area contributed by atoms with Crippen molar-refractivity contribution in [2.45, 2.75) is 12.3 Å². The largest absolute Gasteiger partial charge is 0.367 e. The number of nitrogens with two attached hydrogens (primary N) is 1. The zero-order valence-corrected chi connectivity index (χ0v) is 11.2. The van der Waals surface area contributed by atoms with Crippen molar-refractivity contribution in [1.29, 1.82) is 0 Å². The Morgan fingerprint density at radius 1 is 1.14 bits per heavy atom. The molecule has 3 aromatic rings. The predicted octanol–water partition coefficient (Wildman–Crippen LogP) is 3.75. The van der Waals surface area contributed by atoms with E-state index in [1.807, 2.05) is 18.2 Å². The van der Waals surface area contributed by atoms with Crippen molar-refractivity contribution in [3.05, 3.63) is 71.2 Å².